The summed E-state index contributed by atoms with van der Waals surface area (Å²) in [6.07, 6.45) is 2.19. The van der Waals surface area contributed by atoms with Gasteiger partial charge in [-0.25, -0.2) is 0 Å². The van der Waals surface area contributed by atoms with Gasteiger partial charge in [0.15, 0.2) is 0 Å². The van der Waals surface area contributed by atoms with Crippen LogP contribution in [0.1, 0.15) is 40.5 Å². The van der Waals surface area contributed by atoms with Crippen LogP contribution in [0.3, 0.4) is 0 Å². The summed E-state index contributed by atoms with van der Waals surface area (Å²) in [5.74, 6) is 1.48. The van der Waals surface area contributed by atoms with E-state index in [2.05, 4.69) is 48.5 Å². The summed E-state index contributed by atoms with van der Waals surface area (Å²) in [5, 5.41) is 10.3. The first kappa shape index (κ1) is 16.4. The van der Waals surface area contributed by atoms with Crippen LogP contribution >= 0.6 is 15.9 Å². The number of halogens is 1. The summed E-state index contributed by atoms with van der Waals surface area (Å²) in [6, 6.07) is 0. The molecule has 2 nitrogen and oxygen atoms in total. The summed E-state index contributed by atoms with van der Waals surface area (Å²) < 4.78 is 0. The number of nitrogens with zero attached hydrogens (tertiary/aromatic N) is 1. The van der Waals surface area contributed by atoms with Crippen LogP contribution in [-0.4, -0.2) is 41.1 Å². The predicted octanol–water partition coefficient (Wildman–Crippen LogP) is 3.14. The molecule has 0 aromatic carbocycles. The molecule has 0 saturated heterocycles. The SMILES string of the molecule is CC(C)CCN(CCC(C)C)CC(O)CBr. The van der Waals surface area contributed by atoms with Gasteiger partial charge < -0.3 is 10.0 Å². The summed E-state index contributed by atoms with van der Waals surface area (Å²) in [6.45, 7) is 12.0. The Labute approximate surface area is 110 Å². The van der Waals surface area contributed by atoms with Crippen molar-refractivity contribution in [3.05, 3.63) is 0 Å². The first-order valence-electron chi connectivity index (χ1n) is 6.42. The standard InChI is InChI=1S/C13H28BrNO/c1-11(2)5-7-15(8-6-12(3)4)10-13(16)9-14/h11-13,16H,5-10H2,1-4H3. The van der Waals surface area contributed by atoms with Crippen LogP contribution in [0, 0.1) is 11.8 Å². The van der Waals surface area contributed by atoms with Crippen LogP contribution in [0.2, 0.25) is 0 Å². The van der Waals surface area contributed by atoms with E-state index in [1.54, 1.807) is 0 Å². The Morgan fingerprint density at radius 2 is 1.44 bits per heavy atom. The fourth-order valence-corrected chi connectivity index (χ4v) is 1.73. The quantitative estimate of drug-likeness (QED) is 0.660. The third-order valence-corrected chi connectivity index (χ3v) is 3.44. The summed E-state index contributed by atoms with van der Waals surface area (Å²) in [7, 11) is 0. The molecule has 0 heterocycles. The third kappa shape index (κ3) is 9.61. The van der Waals surface area contributed by atoms with Crippen molar-refractivity contribution < 1.29 is 5.11 Å². The van der Waals surface area contributed by atoms with Crippen LogP contribution < -0.4 is 0 Å². The van der Waals surface area contributed by atoms with Crippen molar-refractivity contribution in [3.8, 4) is 0 Å². The van der Waals surface area contributed by atoms with E-state index in [9.17, 15) is 5.11 Å². The number of hydrogen-bond donors (Lipinski definition) is 1. The molecular formula is C13H28BrNO. The van der Waals surface area contributed by atoms with Gasteiger partial charge in [-0.1, -0.05) is 43.6 Å². The Kier molecular flexibility index (Phi) is 9.67. The molecule has 0 rings (SSSR count). The normalized spacial score (nSPS) is 14.1. The van der Waals surface area contributed by atoms with Crippen molar-refractivity contribution in [2.24, 2.45) is 11.8 Å². The van der Waals surface area contributed by atoms with Gasteiger partial charge in [-0.15, -0.1) is 0 Å². The van der Waals surface area contributed by atoms with Gasteiger partial charge in [0.1, 0.15) is 0 Å². The van der Waals surface area contributed by atoms with E-state index in [0.29, 0.717) is 5.33 Å². The highest BCUT2D eigenvalue weighted by Crippen LogP contribution is 2.07. The van der Waals surface area contributed by atoms with Crippen LogP contribution in [-0.2, 0) is 0 Å². The van der Waals surface area contributed by atoms with Crippen molar-refractivity contribution in [2.75, 3.05) is 25.0 Å². The Balaban J connectivity index is 3.94. The second-order valence-electron chi connectivity index (χ2n) is 5.47. The van der Waals surface area contributed by atoms with Crippen molar-refractivity contribution in [1.29, 1.82) is 0 Å². The van der Waals surface area contributed by atoms with Crippen LogP contribution in [0.15, 0.2) is 0 Å². The van der Waals surface area contributed by atoms with Gasteiger partial charge in [-0.05, 0) is 37.8 Å². The van der Waals surface area contributed by atoms with Crippen molar-refractivity contribution >= 4 is 15.9 Å². The smallest absolute Gasteiger partial charge is 0.0763 e. The molecule has 16 heavy (non-hydrogen) atoms. The highest BCUT2D eigenvalue weighted by Gasteiger charge is 2.11. The zero-order valence-corrected chi connectivity index (χ0v) is 12.8. The second-order valence-corrected chi connectivity index (χ2v) is 6.12. The number of alkyl halides is 1. The topological polar surface area (TPSA) is 23.5 Å². The molecule has 0 radical (unpaired) electrons. The van der Waals surface area contributed by atoms with Gasteiger partial charge in [0, 0.05) is 11.9 Å². The Bertz CT molecular complexity index is 150. The largest absolute Gasteiger partial charge is 0.391 e. The molecular weight excluding hydrogens is 266 g/mol. The maximum absolute atomic E-state index is 9.67. The van der Waals surface area contributed by atoms with Crippen molar-refractivity contribution in [2.45, 2.75) is 46.6 Å². The lowest BCUT2D eigenvalue weighted by Crippen LogP contribution is -2.35. The third-order valence-electron chi connectivity index (χ3n) is 2.69. The van der Waals surface area contributed by atoms with E-state index in [1.807, 2.05) is 0 Å². The average molecular weight is 294 g/mol. The fourth-order valence-electron chi connectivity index (χ4n) is 1.52. The average Bonchev–Trinajstić information content (AvgIpc) is 2.21. The minimum atomic E-state index is -0.237. The molecule has 1 unspecified atom stereocenters. The number of rotatable bonds is 9. The number of aliphatic hydroxyl groups excluding tert-OH is 1. The van der Waals surface area contributed by atoms with Gasteiger partial charge in [0.05, 0.1) is 6.10 Å². The maximum Gasteiger partial charge on any atom is 0.0763 e. The highest BCUT2D eigenvalue weighted by atomic mass is 79.9. The summed E-state index contributed by atoms with van der Waals surface area (Å²) >= 11 is 3.33. The molecule has 0 aliphatic carbocycles. The minimum Gasteiger partial charge on any atom is -0.391 e. The molecule has 0 aromatic heterocycles. The van der Waals surface area contributed by atoms with Gasteiger partial charge in [0.2, 0.25) is 0 Å². The van der Waals surface area contributed by atoms with Gasteiger partial charge in [0.25, 0.3) is 0 Å². The van der Waals surface area contributed by atoms with E-state index in [4.69, 9.17) is 0 Å². The molecule has 3 heteroatoms. The fraction of sp³-hybridized carbons (Fsp3) is 1.00. The molecule has 0 saturated carbocycles. The maximum atomic E-state index is 9.67. The molecule has 0 aromatic rings. The van der Waals surface area contributed by atoms with E-state index in [0.717, 1.165) is 31.5 Å². The molecule has 98 valence electrons. The lowest BCUT2D eigenvalue weighted by atomic mass is 10.1. The Morgan fingerprint density at radius 1 is 1.00 bits per heavy atom. The van der Waals surface area contributed by atoms with Gasteiger partial charge >= 0.3 is 0 Å². The Morgan fingerprint density at radius 3 is 1.75 bits per heavy atom. The molecule has 1 N–H and O–H groups in total. The van der Waals surface area contributed by atoms with E-state index < -0.39 is 0 Å². The van der Waals surface area contributed by atoms with Crippen LogP contribution in [0.5, 0.6) is 0 Å². The molecule has 1 atom stereocenters. The monoisotopic (exact) mass is 293 g/mol. The van der Waals surface area contributed by atoms with Crippen LogP contribution in [0.4, 0.5) is 0 Å². The zero-order chi connectivity index (χ0) is 12.6. The lowest BCUT2D eigenvalue weighted by molar-refractivity contribution is 0.123. The summed E-state index contributed by atoms with van der Waals surface area (Å²) in [4.78, 5) is 2.39. The van der Waals surface area contributed by atoms with E-state index in [1.165, 1.54) is 12.8 Å². The number of hydrogen-bond acceptors (Lipinski definition) is 2. The molecule has 0 aliphatic heterocycles. The minimum absolute atomic E-state index is 0.237. The highest BCUT2D eigenvalue weighted by molar-refractivity contribution is 9.09. The predicted molar refractivity (Wildman–Crippen MR) is 75.2 cm³/mol. The van der Waals surface area contributed by atoms with Crippen molar-refractivity contribution in [3.63, 3.8) is 0 Å². The molecule has 0 bridgehead atoms. The van der Waals surface area contributed by atoms with Gasteiger partial charge in [-0.3, -0.25) is 0 Å². The van der Waals surface area contributed by atoms with Crippen molar-refractivity contribution in [1.82, 2.24) is 4.90 Å². The van der Waals surface area contributed by atoms with E-state index >= 15 is 0 Å². The number of aliphatic hydroxyl groups is 1. The Hall–Kier alpha value is 0.400. The first-order valence-corrected chi connectivity index (χ1v) is 7.54. The molecule has 0 amide bonds. The molecule has 0 spiro atoms. The molecule has 0 aliphatic rings. The lowest BCUT2D eigenvalue weighted by Gasteiger charge is -2.25. The van der Waals surface area contributed by atoms with Gasteiger partial charge in [-0.2, -0.15) is 0 Å². The zero-order valence-electron chi connectivity index (χ0n) is 11.2. The van der Waals surface area contributed by atoms with Crippen LogP contribution in [0.25, 0.3) is 0 Å². The first-order chi connectivity index (χ1) is 7.45. The second kappa shape index (κ2) is 9.43. The van der Waals surface area contributed by atoms with E-state index in [-0.39, 0.29) is 6.10 Å². The summed E-state index contributed by atoms with van der Waals surface area (Å²) in [5.41, 5.74) is 0. The molecule has 0 fully saturated rings.